The third-order valence-corrected chi connectivity index (χ3v) is 7.23. The van der Waals surface area contributed by atoms with E-state index in [4.69, 9.17) is 14.5 Å². The number of nitrogens with zero attached hydrogens (tertiary/aromatic N) is 6. The van der Waals surface area contributed by atoms with E-state index in [9.17, 15) is 9.59 Å². The van der Waals surface area contributed by atoms with Crippen LogP contribution in [0.3, 0.4) is 0 Å². The number of urea groups is 1. The maximum atomic E-state index is 13.2. The standard InChI is InChI=1S/C28H26N8O4/c37-27(35-4-8-39-9-5-35)20-2-1-3-22-23(20)33-26(32-22)24-21-13-18(15-30-25(21)34-24)17-12-19(16-29-14-17)31-28(38)36-6-10-40-11-7-36/h1-3,12-16H,4-11H2,(H,31,38)(H,32,33). The Kier molecular flexibility index (Phi) is 6.17. The minimum atomic E-state index is -0.177. The third kappa shape index (κ3) is 4.46. The van der Waals surface area contributed by atoms with Gasteiger partial charge < -0.3 is 29.6 Å². The van der Waals surface area contributed by atoms with Gasteiger partial charge >= 0.3 is 6.03 Å². The van der Waals surface area contributed by atoms with Gasteiger partial charge in [-0.15, -0.1) is 0 Å². The monoisotopic (exact) mass is 538 g/mol. The summed E-state index contributed by atoms with van der Waals surface area (Å²) in [6, 6.07) is 9.24. The number of fused-ring (bicyclic) bond motifs is 2. The van der Waals surface area contributed by atoms with Gasteiger partial charge in [-0.05, 0) is 24.3 Å². The summed E-state index contributed by atoms with van der Waals surface area (Å²) in [7, 11) is 0. The number of rotatable bonds is 4. The minimum Gasteiger partial charge on any atom is -0.378 e. The number of pyridine rings is 2. The highest BCUT2D eigenvalue weighted by atomic mass is 16.5. The zero-order chi connectivity index (χ0) is 27.1. The molecule has 2 N–H and O–H groups in total. The maximum Gasteiger partial charge on any atom is 0.322 e. The first-order valence-electron chi connectivity index (χ1n) is 13.2. The SMILES string of the molecule is O=C(Nc1cncc(-c2cnc3c(c2)=C(c2nc4c(C(=O)N5CCOCC5)cccc4[nH]2)N=3)c1)N1CCOCC1. The second kappa shape index (κ2) is 10.1. The number of carbonyl (C=O) groups excluding carboxylic acids is 2. The summed E-state index contributed by atoms with van der Waals surface area (Å²) in [5.41, 5.74) is 5.47. The fourth-order valence-corrected chi connectivity index (χ4v) is 5.06. The molecule has 12 nitrogen and oxygen atoms in total. The van der Waals surface area contributed by atoms with Gasteiger partial charge in [0.15, 0.2) is 11.3 Å². The van der Waals surface area contributed by atoms with Crippen LogP contribution in [0.5, 0.6) is 0 Å². The van der Waals surface area contributed by atoms with E-state index in [1.54, 1.807) is 34.5 Å². The summed E-state index contributed by atoms with van der Waals surface area (Å²) in [5, 5.41) is 3.77. The molecule has 1 aromatic carbocycles. The molecule has 3 aliphatic heterocycles. The molecule has 0 aliphatic carbocycles. The molecule has 2 fully saturated rings. The van der Waals surface area contributed by atoms with E-state index in [1.807, 2.05) is 24.3 Å². The molecule has 7 rings (SSSR count). The summed E-state index contributed by atoms with van der Waals surface area (Å²) < 4.78 is 10.7. The molecule has 0 spiro atoms. The Bertz CT molecular complexity index is 1760. The first-order chi connectivity index (χ1) is 19.6. The van der Waals surface area contributed by atoms with Crippen molar-refractivity contribution >= 4 is 34.4 Å². The lowest BCUT2D eigenvalue weighted by atomic mass is 10.1. The van der Waals surface area contributed by atoms with Crippen molar-refractivity contribution in [3.8, 4) is 11.1 Å². The van der Waals surface area contributed by atoms with Crippen LogP contribution in [0, 0.1) is 0 Å². The van der Waals surface area contributed by atoms with Crippen LogP contribution in [-0.4, -0.2) is 94.3 Å². The normalized spacial score (nSPS) is 16.8. The van der Waals surface area contributed by atoms with Crippen molar-refractivity contribution in [3.63, 3.8) is 0 Å². The van der Waals surface area contributed by atoms with Gasteiger partial charge in [0, 0.05) is 54.9 Å². The molecule has 0 bridgehead atoms. The molecule has 12 heteroatoms. The highest BCUT2D eigenvalue weighted by molar-refractivity contribution is 6.05. The van der Waals surface area contributed by atoms with Crippen molar-refractivity contribution in [2.45, 2.75) is 0 Å². The summed E-state index contributed by atoms with van der Waals surface area (Å²) >= 11 is 0. The molecule has 40 heavy (non-hydrogen) atoms. The summed E-state index contributed by atoms with van der Waals surface area (Å²) in [5.74, 6) is 0.522. The van der Waals surface area contributed by atoms with Gasteiger partial charge in [-0.2, -0.15) is 0 Å². The topological polar surface area (TPSA) is 138 Å². The smallest absolute Gasteiger partial charge is 0.322 e. The number of aromatic amines is 1. The lowest BCUT2D eigenvalue weighted by Crippen LogP contribution is -2.43. The van der Waals surface area contributed by atoms with Crippen LogP contribution in [-0.2, 0) is 9.47 Å². The molecule has 0 saturated carbocycles. The molecule has 6 heterocycles. The van der Waals surface area contributed by atoms with Crippen LogP contribution in [0.2, 0.25) is 0 Å². The summed E-state index contributed by atoms with van der Waals surface area (Å²) in [4.78, 5) is 50.8. The molecular formula is C28H26N8O4. The Balaban J connectivity index is 1.18. The maximum absolute atomic E-state index is 13.2. The second-order valence-electron chi connectivity index (χ2n) is 9.74. The van der Waals surface area contributed by atoms with Crippen LogP contribution >= 0.6 is 0 Å². The van der Waals surface area contributed by atoms with Crippen LogP contribution in [0.1, 0.15) is 16.2 Å². The van der Waals surface area contributed by atoms with Crippen LogP contribution in [0.15, 0.2) is 53.9 Å². The van der Waals surface area contributed by atoms with Crippen LogP contribution in [0.4, 0.5) is 10.5 Å². The number of H-pyrrole nitrogens is 1. The summed E-state index contributed by atoms with van der Waals surface area (Å²) in [6.07, 6.45) is 5.09. The van der Waals surface area contributed by atoms with Crippen molar-refractivity contribution in [1.29, 1.82) is 0 Å². The van der Waals surface area contributed by atoms with Gasteiger partial charge in [-0.3, -0.25) is 9.78 Å². The lowest BCUT2D eigenvalue weighted by molar-refractivity contribution is 0.0304. The zero-order valence-electron chi connectivity index (χ0n) is 21.6. The first-order valence-corrected chi connectivity index (χ1v) is 13.2. The predicted octanol–water partition coefficient (Wildman–Crippen LogP) is 1.15. The number of carbonyl (C=O) groups is 2. The van der Waals surface area contributed by atoms with Gasteiger partial charge in [0.1, 0.15) is 11.2 Å². The van der Waals surface area contributed by atoms with E-state index in [0.29, 0.717) is 86.4 Å². The first kappa shape index (κ1) is 24.4. The van der Waals surface area contributed by atoms with Gasteiger partial charge in [-0.25, -0.2) is 19.8 Å². The highest BCUT2D eigenvalue weighted by Crippen LogP contribution is 2.24. The van der Waals surface area contributed by atoms with Crippen molar-refractivity contribution in [1.82, 2.24) is 29.7 Å². The number of hydrogen-bond donors (Lipinski definition) is 2. The van der Waals surface area contributed by atoms with E-state index in [-0.39, 0.29) is 11.9 Å². The number of imidazole rings is 1. The highest BCUT2D eigenvalue weighted by Gasteiger charge is 2.24. The Labute approximate surface area is 228 Å². The number of para-hydroxylation sites is 1. The number of hydrogen-bond acceptors (Lipinski definition) is 8. The molecule has 3 aliphatic rings. The van der Waals surface area contributed by atoms with Crippen molar-refractivity contribution < 1.29 is 19.1 Å². The molecule has 202 valence electrons. The van der Waals surface area contributed by atoms with Crippen molar-refractivity contribution in [3.05, 3.63) is 71.0 Å². The van der Waals surface area contributed by atoms with E-state index < -0.39 is 0 Å². The predicted molar refractivity (Wildman–Crippen MR) is 145 cm³/mol. The van der Waals surface area contributed by atoms with Gasteiger partial charge in [0.25, 0.3) is 5.91 Å². The number of anilines is 1. The molecule has 3 amide bonds. The van der Waals surface area contributed by atoms with Gasteiger partial charge in [-0.1, -0.05) is 6.07 Å². The number of amides is 3. The van der Waals surface area contributed by atoms with Crippen LogP contribution < -0.4 is 16.0 Å². The Morgan fingerprint density at radius 3 is 2.45 bits per heavy atom. The van der Waals surface area contributed by atoms with E-state index in [0.717, 1.165) is 21.9 Å². The third-order valence-electron chi connectivity index (χ3n) is 7.23. The molecule has 0 unspecified atom stereocenters. The second-order valence-corrected chi connectivity index (χ2v) is 9.74. The average Bonchev–Trinajstić information content (AvgIpc) is 3.42. The average molecular weight is 539 g/mol. The summed E-state index contributed by atoms with van der Waals surface area (Å²) in [6.45, 7) is 4.38. The number of morpholine rings is 2. The van der Waals surface area contributed by atoms with Crippen molar-refractivity contribution in [2.24, 2.45) is 4.99 Å². The lowest BCUT2D eigenvalue weighted by Gasteiger charge is -2.26. The van der Waals surface area contributed by atoms with E-state index in [2.05, 4.69) is 25.3 Å². The largest absolute Gasteiger partial charge is 0.378 e. The Morgan fingerprint density at radius 1 is 0.900 bits per heavy atom. The number of aromatic nitrogens is 4. The van der Waals surface area contributed by atoms with Crippen LogP contribution in [0.25, 0.3) is 27.9 Å². The van der Waals surface area contributed by atoms with E-state index >= 15 is 0 Å². The van der Waals surface area contributed by atoms with Crippen molar-refractivity contribution in [2.75, 3.05) is 57.9 Å². The molecule has 0 atom stereocenters. The quantitative estimate of drug-likeness (QED) is 0.398. The number of nitrogens with one attached hydrogen (secondary N) is 2. The molecular weight excluding hydrogens is 512 g/mol. The molecule has 2 saturated heterocycles. The minimum absolute atomic E-state index is 0.0556. The van der Waals surface area contributed by atoms with Gasteiger partial charge in [0.2, 0.25) is 0 Å². The number of benzene rings is 1. The number of ether oxygens (including phenoxy) is 2. The zero-order valence-corrected chi connectivity index (χ0v) is 21.6. The Hall–Kier alpha value is -4.68. The molecule has 3 aromatic heterocycles. The molecule has 0 radical (unpaired) electrons. The van der Waals surface area contributed by atoms with Gasteiger partial charge in [0.05, 0.1) is 49.4 Å². The van der Waals surface area contributed by atoms with E-state index in [1.165, 1.54) is 0 Å². The Morgan fingerprint density at radius 2 is 1.65 bits per heavy atom. The fourth-order valence-electron chi connectivity index (χ4n) is 5.06. The fraction of sp³-hybridized carbons (Fsp3) is 0.286. The molecule has 4 aromatic rings.